The zero-order valence-corrected chi connectivity index (χ0v) is 15.7. The minimum Gasteiger partial charge on any atom is -0.452 e. The highest BCUT2D eigenvalue weighted by atomic mass is 32.2. The first kappa shape index (κ1) is 18.7. The Morgan fingerprint density at radius 2 is 1.93 bits per heavy atom. The number of ether oxygens (including phenoxy) is 1. The maximum Gasteiger partial charge on any atom is 0.340 e. The molecule has 0 unspecified atom stereocenters. The van der Waals surface area contributed by atoms with E-state index in [0.29, 0.717) is 16.9 Å². The van der Waals surface area contributed by atoms with Crippen LogP contribution in [0.3, 0.4) is 0 Å². The topological polar surface area (TPSA) is 76.9 Å². The van der Waals surface area contributed by atoms with Crippen molar-refractivity contribution in [3.8, 4) is 0 Å². The second-order valence-corrected chi connectivity index (χ2v) is 6.69. The van der Waals surface area contributed by atoms with Gasteiger partial charge in [0.2, 0.25) is 0 Å². The summed E-state index contributed by atoms with van der Waals surface area (Å²) in [6.45, 7) is 1.02. The van der Waals surface area contributed by atoms with E-state index in [1.54, 1.807) is 46.6 Å². The Balaban J connectivity index is 1.70. The predicted octanol–water partition coefficient (Wildman–Crippen LogP) is 3.66. The zero-order chi connectivity index (χ0) is 19.4. The molecule has 27 heavy (non-hydrogen) atoms. The molecule has 1 amide bonds. The van der Waals surface area contributed by atoms with Crippen LogP contribution in [0.25, 0.3) is 5.52 Å². The van der Waals surface area contributed by atoms with Crippen molar-refractivity contribution < 1.29 is 19.1 Å². The summed E-state index contributed by atoms with van der Waals surface area (Å²) in [5, 5.41) is 2.70. The highest BCUT2D eigenvalue weighted by Crippen LogP contribution is 2.20. The normalized spacial score (nSPS) is 10.6. The molecule has 0 spiro atoms. The van der Waals surface area contributed by atoms with Gasteiger partial charge >= 0.3 is 5.97 Å². The van der Waals surface area contributed by atoms with Crippen LogP contribution >= 0.6 is 11.8 Å². The third-order valence-electron chi connectivity index (χ3n) is 3.94. The van der Waals surface area contributed by atoms with Crippen LogP contribution in [0.5, 0.6) is 0 Å². The van der Waals surface area contributed by atoms with E-state index in [1.807, 2.05) is 24.5 Å². The standard InChI is InChI=1S/C20H18N2O4S/c1-13(23)18-11-16(17-8-3-4-9-22(17)18)20(25)26-12-19(24)21-14-6-5-7-15(10-14)27-2/h3-11H,12H2,1-2H3,(H,21,24). The van der Waals surface area contributed by atoms with Gasteiger partial charge < -0.3 is 14.5 Å². The van der Waals surface area contributed by atoms with Gasteiger partial charge in [-0.2, -0.15) is 0 Å². The number of hydrogen-bond donors (Lipinski definition) is 1. The van der Waals surface area contributed by atoms with Crippen LogP contribution in [0, 0.1) is 0 Å². The molecule has 0 bridgehead atoms. The molecule has 0 fully saturated rings. The molecule has 138 valence electrons. The number of amides is 1. The summed E-state index contributed by atoms with van der Waals surface area (Å²) in [6.07, 6.45) is 3.65. The molecular weight excluding hydrogens is 364 g/mol. The number of pyridine rings is 1. The smallest absolute Gasteiger partial charge is 0.340 e. The first-order valence-corrected chi connectivity index (χ1v) is 9.44. The SMILES string of the molecule is CSc1cccc(NC(=O)COC(=O)c2cc(C(C)=O)n3ccccc23)c1. The summed E-state index contributed by atoms with van der Waals surface area (Å²) in [6, 6.07) is 14.1. The molecular formula is C20H18N2O4S. The van der Waals surface area contributed by atoms with E-state index in [4.69, 9.17) is 4.74 Å². The molecule has 0 aliphatic carbocycles. The molecule has 1 aromatic carbocycles. The Kier molecular flexibility index (Phi) is 5.61. The third-order valence-corrected chi connectivity index (χ3v) is 4.67. The van der Waals surface area contributed by atoms with Crippen molar-refractivity contribution in [3.05, 3.63) is 66.0 Å². The number of Topliss-reactive ketones (excluding diaryl/α,β-unsaturated/α-hetero) is 1. The van der Waals surface area contributed by atoms with Crippen LogP contribution < -0.4 is 5.32 Å². The van der Waals surface area contributed by atoms with Crippen molar-refractivity contribution in [2.75, 3.05) is 18.2 Å². The molecule has 0 aliphatic heterocycles. The monoisotopic (exact) mass is 382 g/mol. The Labute approximate surface area is 160 Å². The van der Waals surface area contributed by atoms with Gasteiger partial charge in [0.25, 0.3) is 5.91 Å². The number of ketones is 1. The molecule has 0 radical (unpaired) electrons. The molecule has 0 saturated carbocycles. The molecule has 0 aliphatic rings. The Morgan fingerprint density at radius 3 is 2.67 bits per heavy atom. The predicted molar refractivity (Wildman–Crippen MR) is 105 cm³/mol. The van der Waals surface area contributed by atoms with Crippen LogP contribution in [0.15, 0.2) is 59.6 Å². The first-order chi connectivity index (χ1) is 13.0. The number of carbonyl (C=O) groups is 3. The third kappa shape index (κ3) is 4.20. The lowest BCUT2D eigenvalue weighted by Crippen LogP contribution is -2.20. The summed E-state index contributed by atoms with van der Waals surface area (Å²) in [5.41, 5.74) is 1.82. The quantitative estimate of drug-likeness (QED) is 0.400. The van der Waals surface area contributed by atoms with Gasteiger partial charge in [0, 0.05) is 23.7 Å². The minimum absolute atomic E-state index is 0.165. The molecule has 1 N–H and O–H groups in total. The lowest BCUT2D eigenvalue weighted by molar-refractivity contribution is -0.119. The zero-order valence-electron chi connectivity index (χ0n) is 14.9. The summed E-state index contributed by atoms with van der Waals surface area (Å²) in [5.74, 6) is -1.25. The maximum atomic E-state index is 12.4. The Hall–Kier alpha value is -3.06. The van der Waals surface area contributed by atoms with Gasteiger partial charge in [-0.25, -0.2) is 4.79 Å². The van der Waals surface area contributed by atoms with Crippen LogP contribution in [0.2, 0.25) is 0 Å². The van der Waals surface area contributed by atoms with E-state index < -0.39 is 18.5 Å². The minimum atomic E-state index is -0.654. The number of esters is 1. The number of anilines is 1. The number of aromatic nitrogens is 1. The van der Waals surface area contributed by atoms with E-state index in [2.05, 4.69) is 5.32 Å². The highest BCUT2D eigenvalue weighted by molar-refractivity contribution is 7.98. The number of fused-ring (bicyclic) bond motifs is 1. The lowest BCUT2D eigenvalue weighted by Gasteiger charge is -2.07. The molecule has 0 atom stereocenters. The summed E-state index contributed by atoms with van der Waals surface area (Å²) >= 11 is 1.56. The van der Waals surface area contributed by atoms with Gasteiger partial charge in [0.1, 0.15) is 0 Å². The number of rotatable bonds is 6. The van der Waals surface area contributed by atoms with Gasteiger partial charge in [-0.1, -0.05) is 12.1 Å². The first-order valence-electron chi connectivity index (χ1n) is 8.21. The summed E-state index contributed by atoms with van der Waals surface area (Å²) in [4.78, 5) is 37.3. The molecule has 3 aromatic rings. The fourth-order valence-electron chi connectivity index (χ4n) is 2.69. The van der Waals surface area contributed by atoms with Crippen molar-refractivity contribution in [2.24, 2.45) is 0 Å². The van der Waals surface area contributed by atoms with Crippen molar-refractivity contribution in [1.29, 1.82) is 0 Å². The van der Waals surface area contributed by atoms with Crippen LogP contribution in [-0.4, -0.2) is 34.9 Å². The molecule has 0 saturated heterocycles. The van der Waals surface area contributed by atoms with E-state index in [9.17, 15) is 14.4 Å². The van der Waals surface area contributed by atoms with Crippen LogP contribution in [-0.2, 0) is 9.53 Å². The molecule has 7 heteroatoms. The fraction of sp³-hybridized carbons (Fsp3) is 0.150. The van der Waals surface area contributed by atoms with E-state index in [-0.39, 0.29) is 11.3 Å². The summed E-state index contributed by atoms with van der Waals surface area (Å²) in [7, 11) is 0. The largest absolute Gasteiger partial charge is 0.452 e. The number of hydrogen-bond acceptors (Lipinski definition) is 5. The summed E-state index contributed by atoms with van der Waals surface area (Å²) < 4.78 is 6.77. The van der Waals surface area contributed by atoms with E-state index in [1.165, 1.54) is 13.0 Å². The van der Waals surface area contributed by atoms with Gasteiger partial charge in [-0.15, -0.1) is 11.8 Å². The van der Waals surface area contributed by atoms with E-state index in [0.717, 1.165) is 4.90 Å². The molecule has 3 rings (SSSR count). The van der Waals surface area contributed by atoms with Gasteiger partial charge in [0.15, 0.2) is 12.4 Å². The van der Waals surface area contributed by atoms with Crippen molar-refractivity contribution in [3.63, 3.8) is 0 Å². The Morgan fingerprint density at radius 1 is 1.11 bits per heavy atom. The number of nitrogens with zero attached hydrogens (tertiary/aromatic N) is 1. The van der Waals surface area contributed by atoms with Crippen molar-refractivity contribution >= 4 is 40.6 Å². The number of nitrogens with one attached hydrogen (secondary N) is 1. The average molecular weight is 382 g/mol. The van der Waals surface area contributed by atoms with Crippen LogP contribution in [0.4, 0.5) is 5.69 Å². The van der Waals surface area contributed by atoms with Crippen LogP contribution in [0.1, 0.15) is 27.8 Å². The second-order valence-electron chi connectivity index (χ2n) is 5.81. The number of thioether (sulfide) groups is 1. The van der Waals surface area contributed by atoms with E-state index >= 15 is 0 Å². The maximum absolute atomic E-state index is 12.4. The van der Waals surface area contributed by atoms with Crippen molar-refractivity contribution in [2.45, 2.75) is 11.8 Å². The Bertz CT molecular complexity index is 1030. The molecule has 2 heterocycles. The second kappa shape index (κ2) is 8.09. The lowest BCUT2D eigenvalue weighted by atomic mass is 10.2. The fourth-order valence-corrected chi connectivity index (χ4v) is 3.15. The van der Waals surface area contributed by atoms with Gasteiger partial charge in [0.05, 0.1) is 16.8 Å². The van der Waals surface area contributed by atoms with Gasteiger partial charge in [-0.05, 0) is 42.7 Å². The average Bonchev–Trinajstić information content (AvgIpc) is 3.06. The molecule has 6 nitrogen and oxygen atoms in total. The van der Waals surface area contributed by atoms with Crippen molar-refractivity contribution in [1.82, 2.24) is 4.40 Å². The molecule has 2 aromatic heterocycles. The number of carbonyl (C=O) groups excluding carboxylic acids is 3. The highest BCUT2D eigenvalue weighted by Gasteiger charge is 2.19. The number of benzene rings is 1. The van der Waals surface area contributed by atoms with Gasteiger partial charge in [-0.3, -0.25) is 9.59 Å².